The molecule has 3 aromatic carbocycles. The van der Waals surface area contributed by atoms with Crippen molar-refractivity contribution in [3.63, 3.8) is 0 Å². The van der Waals surface area contributed by atoms with Crippen molar-refractivity contribution >= 4 is 23.7 Å². The molecular weight excluding hydrogens is 524 g/mol. The summed E-state index contributed by atoms with van der Waals surface area (Å²) in [7, 11) is 0. The first-order valence-corrected chi connectivity index (χ1v) is 14.6. The third kappa shape index (κ3) is 11.3. The zero-order chi connectivity index (χ0) is 28.6. The van der Waals surface area contributed by atoms with Crippen LogP contribution in [0.1, 0.15) is 61.0 Å². The monoisotopic (exact) mass is 562 g/mol. The molecular formula is C33H38O6S. The van der Waals surface area contributed by atoms with Crippen molar-refractivity contribution in [2.24, 2.45) is 0 Å². The fraction of sp³-hybridized carbons (Fsp3) is 0.333. The van der Waals surface area contributed by atoms with Crippen molar-refractivity contribution in [3.05, 3.63) is 102 Å². The highest BCUT2D eigenvalue weighted by molar-refractivity contribution is 7.99. The second kappa shape index (κ2) is 17.2. The Hall–Kier alpha value is -3.55. The Kier molecular flexibility index (Phi) is 13.3. The first kappa shape index (κ1) is 31.0. The first-order valence-electron chi connectivity index (χ1n) is 13.6. The van der Waals surface area contributed by atoms with E-state index in [1.165, 1.54) is 18.4 Å². The highest BCUT2D eigenvalue weighted by Gasteiger charge is 2.09. The molecule has 0 fully saturated rings. The third-order valence-electron chi connectivity index (χ3n) is 5.93. The van der Waals surface area contributed by atoms with E-state index < -0.39 is 5.97 Å². The molecule has 0 unspecified atom stereocenters. The minimum Gasteiger partial charge on any atom is -0.468 e. The van der Waals surface area contributed by atoms with E-state index in [9.17, 15) is 9.59 Å². The smallest absolute Gasteiger partial charge is 0.343 e. The number of thioether (sulfide) groups is 1. The summed E-state index contributed by atoms with van der Waals surface area (Å²) in [5.41, 5.74) is 3.17. The molecule has 0 aliphatic heterocycles. The standard InChI is InChI=1S/C33H38O6S/c1-4-5-8-26-9-15-29(16-10-26)38-24-36-23-27-11-17-30(18-12-27)39-33(35)28-13-19-31(20-14-28)40-22-7-6-21-37-32(34)25(2)3/h9-20H,2,4-8,21-24H2,1,3H3. The average molecular weight is 563 g/mol. The van der Waals surface area contributed by atoms with E-state index in [0.29, 0.717) is 30.1 Å². The van der Waals surface area contributed by atoms with Gasteiger partial charge in [-0.25, -0.2) is 9.59 Å². The van der Waals surface area contributed by atoms with Crippen LogP contribution in [0.4, 0.5) is 0 Å². The first-order chi connectivity index (χ1) is 19.4. The molecule has 0 amide bonds. The molecule has 3 aromatic rings. The Morgan fingerprint density at radius 3 is 2.17 bits per heavy atom. The minimum atomic E-state index is -0.408. The van der Waals surface area contributed by atoms with Gasteiger partial charge in [0.1, 0.15) is 11.5 Å². The minimum absolute atomic E-state index is 0.157. The van der Waals surface area contributed by atoms with Gasteiger partial charge >= 0.3 is 11.9 Å². The Labute approximate surface area is 241 Å². The Morgan fingerprint density at radius 1 is 0.825 bits per heavy atom. The number of unbranched alkanes of at least 4 members (excludes halogenated alkanes) is 2. The molecule has 0 aliphatic carbocycles. The summed E-state index contributed by atoms with van der Waals surface area (Å²) in [6.07, 6.45) is 5.17. The lowest BCUT2D eigenvalue weighted by Gasteiger charge is -2.09. The van der Waals surface area contributed by atoms with Gasteiger partial charge in [0.25, 0.3) is 0 Å². The molecule has 3 rings (SSSR count). The molecule has 212 valence electrons. The largest absolute Gasteiger partial charge is 0.468 e. The molecule has 40 heavy (non-hydrogen) atoms. The molecule has 0 spiro atoms. The topological polar surface area (TPSA) is 71.1 Å². The summed E-state index contributed by atoms with van der Waals surface area (Å²) in [6, 6.07) is 22.7. The van der Waals surface area contributed by atoms with Crippen LogP contribution < -0.4 is 9.47 Å². The zero-order valence-electron chi connectivity index (χ0n) is 23.4. The molecule has 0 bridgehead atoms. The fourth-order valence-electron chi connectivity index (χ4n) is 3.59. The summed E-state index contributed by atoms with van der Waals surface area (Å²) in [6.45, 7) is 8.33. The molecule has 0 heterocycles. The van der Waals surface area contributed by atoms with E-state index in [1.807, 2.05) is 36.4 Å². The predicted molar refractivity (Wildman–Crippen MR) is 159 cm³/mol. The number of carbonyl (C=O) groups is 2. The van der Waals surface area contributed by atoms with Crippen LogP contribution in [0.5, 0.6) is 11.5 Å². The molecule has 0 saturated heterocycles. The van der Waals surface area contributed by atoms with Crippen LogP contribution in [-0.4, -0.2) is 31.1 Å². The van der Waals surface area contributed by atoms with Gasteiger partial charge in [-0.3, -0.25) is 0 Å². The Morgan fingerprint density at radius 2 is 1.50 bits per heavy atom. The average Bonchev–Trinajstić information content (AvgIpc) is 2.97. The van der Waals surface area contributed by atoms with Gasteiger partial charge in [0.15, 0.2) is 6.79 Å². The normalized spacial score (nSPS) is 10.7. The summed E-state index contributed by atoms with van der Waals surface area (Å²) >= 11 is 1.69. The van der Waals surface area contributed by atoms with Crippen molar-refractivity contribution in [2.45, 2.75) is 57.5 Å². The van der Waals surface area contributed by atoms with Crippen LogP contribution in [0.2, 0.25) is 0 Å². The lowest BCUT2D eigenvalue weighted by Crippen LogP contribution is -2.08. The predicted octanol–water partition coefficient (Wildman–Crippen LogP) is 7.79. The van der Waals surface area contributed by atoms with E-state index in [1.54, 1.807) is 43.0 Å². The fourth-order valence-corrected chi connectivity index (χ4v) is 4.50. The highest BCUT2D eigenvalue weighted by atomic mass is 32.2. The zero-order valence-corrected chi connectivity index (χ0v) is 24.2. The van der Waals surface area contributed by atoms with Crippen LogP contribution in [0.3, 0.4) is 0 Å². The summed E-state index contributed by atoms with van der Waals surface area (Å²) < 4.78 is 21.9. The second-order valence-corrected chi connectivity index (χ2v) is 10.6. The molecule has 0 aromatic heterocycles. The lowest BCUT2D eigenvalue weighted by atomic mass is 10.1. The van der Waals surface area contributed by atoms with Crippen LogP contribution in [-0.2, 0) is 27.3 Å². The van der Waals surface area contributed by atoms with E-state index in [4.69, 9.17) is 18.9 Å². The molecule has 0 N–H and O–H groups in total. The van der Waals surface area contributed by atoms with Crippen molar-refractivity contribution < 1.29 is 28.5 Å². The Balaban J connectivity index is 1.32. The summed E-state index contributed by atoms with van der Waals surface area (Å²) in [5, 5.41) is 0. The maximum atomic E-state index is 12.5. The van der Waals surface area contributed by atoms with Gasteiger partial charge in [-0.1, -0.05) is 44.2 Å². The number of rotatable bonds is 17. The number of carbonyl (C=O) groups excluding carboxylic acids is 2. The number of aryl methyl sites for hydroxylation is 1. The van der Waals surface area contributed by atoms with Gasteiger partial charge in [-0.15, -0.1) is 11.8 Å². The molecule has 0 saturated carbocycles. The van der Waals surface area contributed by atoms with Crippen LogP contribution in [0, 0.1) is 0 Å². The van der Waals surface area contributed by atoms with Crippen molar-refractivity contribution in [2.75, 3.05) is 19.2 Å². The van der Waals surface area contributed by atoms with Gasteiger partial charge in [-0.2, -0.15) is 0 Å². The molecule has 6 nitrogen and oxygen atoms in total. The van der Waals surface area contributed by atoms with E-state index in [0.717, 1.165) is 41.2 Å². The quantitative estimate of drug-likeness (QED) is 0.0415. The lowest BCUT2D eigenvalue weighted by molar-refractivity contribution is -0.139. The highest BCUT2D eigenvalue weighted by Crippen LogP contribution is 2.21. The number of esters is 2. The van der Waals surface area contributed by atoms with E-state index >= 15 is 0 Å². The molecule has 0 radical (unpaired) electrons. The molecule has 7 heteroatoms. The van der Waals surface area contributed by atoms with E-state index in [2.05, 4.69) is 25.6 Å². The van der Waals surface area contributed by atoms with Crippen LogP contribution in [0.25, 0.3) is 0 Å². The summed E-state index contributed by atoms with van der Waals surface area (Å²) in [5.74, 6) is 1.39. The molecule has 0 aliphatic rings. The van der Waals surface area contributed by atoms with Crippen LogP contribution in [0.15, 0.2) is 89.8 Å². The number of hydrogen-bond acceptors (Lipinski definition) is 7. The number of ether oxygens (including phenoxy) is 4. The maximum absolute atomic E-state index is 12.5. The second-order valence-electron chi connectivity index (χ2n) is 9.39. The van der Waals surface area contributed by atoms with Gasteiger partial charge < -0.3 is 18.9 Å². The van der Waals surface area contributed by atoms with Crippen molar-refractivity contribution in [1.29, 1.82) is 0 Å². The SMILES string of the molecule is C=C(C)C(=O)OCCCCSc1ccc(C(=O)Oc2ccc(COCOc3ccc(CCCC)cc3)cc2)cc1. The third-order valence-corrected chi connectivity index (χ3v) is 7.03. The summed E-state index contributed by atoms with van der Waals surface area (Å²) in [4.78, 5) is 25.0. The van der Waals surface area contributed by atoms with Gasteiger partial charge in [-0.05, 0) is 98.0 Å². The number of benzene rings is 3. The van der Waals surface area contributed by atoms with Gasteiger partial charge in [0, 0.05) is 10.5 Å². The Bertz CT molecular complexity index is 1200. The van der Waals surface area contributed by atoms with E-state index in [-0.39, 0.29) is 12.8 Å². The van der Waals surface area contributed by atoms with Gasteiger partial charge in [0.2, 0.25) is 0 Å². The van der Waals surface area contributed by atoms with Gasteiger partial charge in [0.05, 0.1) is 18.8 Å². The van der Waals surface area contributed by atoms with Crippen molar-refractivity contribution in [3.8, 4) is 11.5 Å². The van der Waals surface area contributed by atoms with Crippen LogP contribution >= 0.6 is 11.8 Å². The van der Waals surface area contributed by atoms with Crippen molar-refractivity contribution in [1.82, 2.24) is 0 Å². The maximum Gasteiger partial charge on any atom is 0.343 e. The molecule has 0 atom stereocenters. The number of hydrogen-bond donors (Lipinski definition) is 0.